The minimum absolute atomic E-state index is 0.102. The van der Waals surface area contributed by atoms with Crippen molar-refractivity contribution in [2.75, 3.05) is 0 Å². The largest absolute Gasteiger partial charge is 0.327 e. The number of benzene rings is 2. The third-order valence-corrected chi connectivity index (χ3v) is 4.01. The molecule has 106 valence electrons. The van der Waals surface area contributed by atoms with Gasteiger partial charge in [0.1, 0.15) is 5.82 Å². The van der Waals surface area contributed by atoms with E-state index in [-0.39, 0.29) is 11.1 Å². The predicted molar refractivity (Wildman–Crippen MR) is 83.3 cm³/mol. The fourth-order valence-electron chi connectivity index (χ4n) is 2.03. The van der Waals surface area contributed by atoms with Crippen LogP contribution in [0.25, 0.3) is 0 Å². The van der Waals surface area contributed by atoms with Crippen molar-refractivity contribution in [3.8, 4) is 0 Å². The first-order chi connectivity index (χ1) is 9.47. The van der Waals surface area contributed by atoms with Gasteiger partial charge in [-0.3, -0.25) is 0 Å². The normalized spacial score (nSPS) is 12.4. The van der Waals surface area contributed by atoms with E-state index in [1.807, 2.05) is 0 Å². The Morgan fingerprint density at radius 2 is 1.60 bits per heavy atom. The van der Waals surface area contributed by atoms with Crippen LogP contribution in [0, 0.1) is 5.82 Å². The summed E-state index contributed by atoms with van der Waals surface area (Å²) in [5.74, 6) is -0.432. The molecule has 0 aromatic heterocycles. The van der Waals surface area contributed by atoms with Crippen LogP contribution in [-0.2, 0) is 12.8 Å². The van der Waals surface area contributed by atoms with Crippen molar-refractivity contribution in [2.24, 2.45) is 5.73 Å². The molecule has 0 heterocycles. The highest BCUT2D eigenvalue weighted by Gasteiger charge is 2.12. The molecule has 1 unspecified atom stereocenters. The Labute approximate surface area is 132 Å². The van der Waals surface area contributed by atoms with Crippen LogP contribution in [0.3, 0.4) is 0 Å². The van der Waals surface area contributed by atoms with Crippen molar-refractivity contribution >= 4 is 34.8 Å². The Balaban J connectivity index is 2.09. The van der Waals surface area contributed by atoms with Gasteiger partial charge in [0.05, 0.1) is 5.02 Å². The molecule has 2 N–H and O–H groups in total. The highest BCUT2D eigenvalue weighted by Crippen LogP contribution is 2.26. The molecule has 5 heteroatoms. The maximum absolute atomic E-state index is 13.1. The first-order valence-corrected chi connectivity index (χ1v) is 7.23. The van der Waals surface area contributed by atoms with E-state index in [0.717, 1.165) is 11.1 Å². The molecule has 0 saturated heterocycles. The predicted octanol–water partition coefficient (Wildman–Crippen LogP) is 4.90. The molecular weight excluding hydrogens is 320 g/mol. The fourth-order valence-corrected chi connectivity index (χ4v) is 2.79. The molecule has 20 heavy (non-hydrogen) atoms. The van der Waals surface area contributed by atoms with Gasteiger partial charge in [0.25, 0.3) is 0 Å². The number of hydrogen-bond donors (Lipinski definition) is 1. The van der Waals surface area contributed by atoms with Gasteiger partial charge in [-0.05, 0) is 48.2 Å². The molecule has 2 aromatic carbocycles. The molecule has 1 nitrogen and oxygen atoms in total. The van der Waals surface area contributed by atoms with Crippen molar-refractivity contribution in [3.05, 3.63) is 68.4 Å². The summed E-state index contributed by atoms with van der Waals surface area (Å²) in [6.45, 7) is 0. The van der Waals surface area contributed by atoms with Crippen LogP contribution in [0.1, 0.15) is 11.1 Å². The summed E-state index contributed by atoms with van der Waals surface area (Å²) in [5, 5.41) is 1.31. The van der Waals surface area contributed by atoms with Gasteiger partial charge in [-0.15, -0.1) is 0 Å². The SMILES string of the molecule is NC(Cc1ccc(F)c(Cl)c1)Cc1c(Cl)cccc1Cl. The van der Waals surface area contributed by atoms with Crippen molar-refractivity contribution in [1.29, 1.82) is 0 Å². The monoisotopic (exact) mass is 331 g/mol. The van der Waals surface area contributed by atoms with Crippen molar-refractivity contribution in [1.82, 2.24) is 0 Å². The van der Waals surface area contributed by atoms with E-state index in [2.05, 4.69) is 0 Å². The van der Waals surface area contributed by atoms with Crippen LogP contribution < -0.4 is 5.73 Å². The molecule has 0 radical (unpaired) electrons. The zero-order chi connectivity index (χ0) is 14.7. The van der Waals surface area contributed by atoms with Crippen LogP contribution in [0.15, 0.2) is 36.4 Å². The fraction of sp³-hybridized carbons (Fsp3) is 0.200. The summed E-state index contributed by atoms with van der Waals surface area (Å²) >= 11 is 18.0. The lowest BCUT2D eigenvalue weighted by molar-refractivity contribution is 0.624. The van der Waals surface area contributed by atoms with Crippen molar-refractivity contribution < 1.29 is 4.39 Å². The summed E-state index contributed by atoms with van der Waals surface area (Å²) < 4.78 is 13.1. The number of rotatable bonds is 4. The molecule has 0 spiro atoms. The molecule has 0 fully saturated rings. The van der Waals surface area contributed by atoms with Crippen LogP contribution in [0.5, 0.6) is 0 Å². The molecule has 2 aromatic rings. The van der Waals surface area contributed by atoms with Gasteiger partial charge >= 0.3 is 0 Å². The van der Waals surface area contributed by atoms with Crippen molar-refractivity contribution in [3.63, 3.8) is 0 Å². The summed E-state index contributed by atoms with van der Waals surface area (Å²) in [6, 6.07) is 9.79. The van der Waals surface area contributed by atoms with Gasteiger partial charge in [0.2, 0.25) is 0 Å². The molecule has 0 aliphatic carbocycles. The number of nitrogens with two attached hydrogens (primary N) is 1. The second kappa shape index (κ2) is 6.77. The van der Waals surface area contributed by atoms with Gasteiger partial charge in [-0.2, -0.15) is 0 Å². The Morgan fingerprint density at radius 3 is 2.20 bits per heavy atom. The quantitative estimate of drug-likeness (QED) is 0.847. The zero-order valence-electron chi connectivity index (χ0n) is 10.5. The Kier molecular flexibility index (Phi) is 5.28. The Morgan fingerprint density at radius 1 is 0.950 bits per heavy atom. The second-order valence-corrected chi connectivity index (χ2v) is 5.84. The van der Waals surface area contributed by atoms with Crippen molar-refractivity contribution in [2.45, 2.75) is 18.9 Å². The minimum atomic E-state index is -0.432. The van der Waals surface area contributed by atoms with E-state index in [1.54, 1.807) is 30.3 Å². The Hall–Kier alpha value is -0.800. The molecule has 2 rings (SSSR count). The zero-order valence-corrected chi connectivity index (χ0v) is 12.8. The summed E-state index contributed by atoms with van der Waals surface area (Å²) in [5.41, 5.74) is 7.82. The molecule has 0 saturated carbocycles. The lowest BCUT2D eigenvalue weighted by atomic mass is 9.99. The molecule has 0 amide bonds. The first kappa shape index (κ1) is 15.6. The highest BCUT2D eigenvalue weighted by molar-refractivity contribution is 6.36. The molecule has 0 aliphatic heterocycles. The highest BCUT2D eigenvalue weighted by atomic mass is 35.5. The average Bonchev–Trinajstić information content (AvgIpc) is 2.38. The van der Waals surface area contributed by atoms with Gasteiger partial charge in [-0.25, -0.2) is 4.39 Å². The number of halogens is 4. The summed E-state index contributed by atoms with van der Waals surface area (Å²) in [4.78, 5) is 0. The topological polar surface area (TPSA) is 26.0 Å². The smallest absolute Gasteiger partial charge is 0.141 e. The van der Waals surface area contributed by atoms with Gasteiger partial charge < -0.3 is 5.73 Å². The summed E-state index contributed by atoms with van der Waals surface area (Å²) in [6.07, 6.45) is 1.12. The van der Waals surface area contributed by atoms with Crippen LogP contribution in [-0.4, -0.2) is 6.04 Å². The average molecular weight is 333 g/mol. The van der Waals surface area contributed by atoms with E-state index in [9.17, 15) is 4.39 Å². The van der Waals surface area contributed by atoms with Gasteiger partial charge in [-0.1, -0.05) is 46.9 Å². The van der Waals surface area contributed by atoms with E-state index in [4.69, 9.17) is 40.5 Å². The third-order valence-electron chi connectivity index (χ3n) is 3.01. The van der Waals surface area contributed by atoms with Crippen LogP contribution >= 0.6 is 34.8 Å². The van der Waals surface area contributed by atoms with E-state index in [0.29, 0.717) is 22.9 Å². The van der Waals surface area contributed by atoms with Crippen LogP contribution in [0.4, 0.5) is 4.39 Å². The third kappa shape index (κ3) is 3.86. The maximum Gasteiger partial charge on any atom is 0.141 e. The lowest BCUT2D eigenvalue weighted by Gasteiger charge is -2.14. The lowest BCUT2D eigenvalue weighted by Crippen LogP contribution is -2.25. The second-order valence-electron chi connectivity index (χ2n) is 4.62. The van der Waals surface area contributed by atoms with Gasteiger partial charge in [0, 0.05) is 16.1 Å². The minimum Gasteiger partial charge on any atom is -0.327 e. The maximum atomic E-state index is 13.1. The standard InChI is InChI=1S/C15H13Cl3FN/c16-12-2-1-3-13(17)11(12)8-10(20)6-9-4-5-15(19)14(18)7-9/h1-5,7,10H,6,8,20H2. The first-order valence-electron chi connectivity index (χ1n) is 6.09. The molecule has 0 bridgehead atoms. The van der Waals surface area contributed by atoms with E-state index in [1.165, 1.54) is 6.07 Å². The van der Waals surface area contributed by atoms with Gasteiger partial charge in [0.15, 0.2) is 0 Å². The molecule has 0 aliphatic rings. The van der Waals surface area contributed by atoms with Crippen LogP contribution in [0.2, 0.25) is 15.1 Å². The van der Waals surface area contributed by atoms with E-state index < -0.39 is 5.82 Å². The molecule has 1 atom stereocenters. The van der Waals surface area contributed by atoms with E-state index >= 15 is 0 Å². The Bertz CT molecular complexity index is 596. The molecular formula is C15H13Cl3FN. The summed E-state index contributed by atoms with van der Waals surface area (Å²) in [7, 11) is 0. The number of hydrogen-bond acceptors (Lipinski definition) is 1.